The Bertz CT molecular complexity index is 797. The zero-order valence-corrected chi connectivity index (χ0v) is 34.5. The Morgan fingerprint density at radius 3 is 1.47 bits per heavy atom. The van der Waals surface area contributed by atoms with Crippen molar-refractivity contribution in [2.24, 2.45) is 5.73 Å². The lowest BCUT2D eigenvalue weighted by atomic mass is 10.0. The number of unbranched alkanes of at least 4 members (excludes halogenated alkanes) is 27. The highest BCUT2D eigenvalue weighted by atomic mass is 31.2. The molecule has 0 bridgehead atoms. The summed E-state index contributed by atoms with van der Waals surface area (Å²) in [6, 6.07) is 0. The molecule has 0 fully saturated rings. The highest BCUT2D eigenvalue weighted by Gasteiger charge is 2.25. The third kappa shape index (κ3) is 40.3. The number of hydrogen-bond acceptors (Lipinski definition) is 7. The fourth-order valence-electron chi connectivity index (χ4n) is 6.23. The van der Waals surface area contributed by atoms with E-state index in [9.17, 15) is 14.3 Å². The fourth-order valence-corrected chi connectivity index (χ4v) is 6.99. The smallest absolute Gasteiger partial charge is 0.457 e. The van der Waals surface area contributed by atoms with Gasteiger partial charge in [0.25, 0.3) is 0 Å². The van der Waals surface area contributed by atoms with E-state index in [1.165, 1.54) is 161 Å². The van der Waals surface area contributed by atoms with E-state index in [4.69, 9.17) is 24.3 Å². The number of carbonyl (C=O) groups excluding carboxylic acids is 1. The van der Waals surface area contributed by atoms with E-state index < -0.39 is 13.9 Å². The predicted molar refractivity (Wildman–Crippen MR) is 215 cm³/mol. The Hall–Kier alpha value is -0.760. The number of esters is 1. The fraction of sp³-hybridized carbons (Fsp3) is 0.929. The van der Waals surface area contributed by atoms with Gasteiger partial charge < -0.3 is 20.1 Å². The molecule has 0 heterocycles. The van der Waals surface area contributed by atoms with E-state index in [1.54, 1.807) is 0 Å². The molecule has 0 spiro atoms. The van der Waals surface area contributed by atoms with Gasteiger partial charge in [0.1, 0.15) is 6.10 Å². The molecule has 0 saturated carbocycles. The second-order valence-electron chi connectivity index (χ2n) is 14.6. The second-order valence-corrected chi connectivity index (χ2v) is 16.0. The lowest BCUT2D eigenvalue weighted by molar-refractivity contribution is -0.154. The molecule has 0 aliphatic heterocycles. The molecular formula is C42H84NO7P. The van der Waals surface area contributed by atoms with Crippen molar-refractivity contribution >= 4 is 13.8 Å². The van der Waals surface area contributed by atoms with E-state index in [-0.39, 0.29) is 32.3 Å². The van der Waals surface area contributed by atoms with Crippen LogP contribution in [-0.4, -0.2) is 49.9 Å². The maximum atomic E-state index is 12.6. The van der Waals surface area contributed by atoms with Gasteiger partial charge in [-0.05, 0) is 38.5 Å². The summed E-state index contributed by atoms with van der Waals surface area (Å²) in [4.78, 5) is 22.5. The number of phosphoric acid groups is 1. The van der Waals surface area contributed by atoms with Crippen molar-refractivity contribution in [2.75, 3.05) is 33.0 Å². The van der Waals surface area contributed by atoms with Crippen LogP contribution in [0.3, 0.4) is 0 Å². The SMILES string of the molecule is CCCCC/C=C\CCCCCCCCOCC(COP(=O)(O)OCCN)OC(=O)CCCCCCCCCCCCCCCCCCCCC. The Labute approximate surface area is 315 Å². The van der Waals surface area contributed by atoms with Gasteiger partial charge in [0.15, 0.2) is 0 Å². The molecule has 0 rings (SSSR count). The molecular weight excluding hydrogens is 661 g/mol. The van der Waals surface area contributed by atoms with Crippen molar-refractivity contribution in [1.82, 2.24) is 0 Å². The molecule has 0 aliphatic rings. The van der Waals surface area contributed by atoms with Gasteiger partial charge in [0.05, 0.1) is 19.8 Å². The summed E-state index contributed by atoms with van der Waals surface area (Å²) in [6.45, 7) is 4.93. The van der Waals surface area contributed by atoms with Gasteiger partial charge in [-0.3, -0.25) is 13.8 Å². The first-order valence-electron chi connectivity index (χ1n) is 21.7. The van der Waals surface area contributed by atoms with E-state index in [0.717, 1.165) is 32.1 Å². The number of ether oxygens (including phenoxy) is 2. The Morgan fingerprint density at radius 1 is 0.569 bits per heavy atom. The third-order valence-electron chi connectivity index (χ3n) is 9.43. The first kappa shape index (κ1) is 50.2. The molecule has 2 unspecified atom stereocenters. The minimum Gasteiger partial charge on any atom is -0.457 e. The van der Waals surface area contributed by atoms with Crippen molar-refractivity contribution < 1.29 is 32.8 Å². The summed E-state index contributed by atoms with van der Waals surface area (Å²) >= 11 is 0. The summed E-state index contributed by atoms with van der Waals surface area (Å²) in [6.07, 6.45) is 42.3. The first-order valence-corrected chi connectivity index (χ1v) is 23.2. The van der Waals surface area contributed by atoms with Crippen LogP contribution in [0.1, 0.15) is 213 Å². The van der Waals surface area contributed by atoms with Crippen molar-refractivity contribution in [3.8, 4) is 0 Å². The summed E-state index contributed by atoms with van der Waals surface area (Å²) in [5.74, 6) is -0.328. The zero-order valence-electron chi connectivity index (χ0n) is 33.6. The van der Waals surface area contributed by atoms with Gasteiger partial charge in [-0.15, -0.1) is 0 Å². The molecule has 51 heavy (non-hydrogen) atoms. The highest BCUT2D eigenvalue weighted by Crippen LogP contribution is 2.43. The summed E-state index contributed by atoms with van der Waals surface area (Å²) in [7, 11) is -4.27. The van der Waals surface area contributed by atoms with Crippen molar-refractivity contribution in [3.05, 3.63) is 12.2 Å². The van der Waals surface area contributed by atoms with Crippen LogP contribution in [0, 0.1) is 0 Å². The molecule has 0 radical (unpaired) electrons. The number of allylic oxidation sites excluding steroid dienone is 2. The minimum atomic E-state index is -4.27. The van der Waals surface area contributed by atoms with E-state index in [0.29, 0.717) is 13.0 Å². The van der Waals surface area contributed by atoms with Crippen LogP contribution in [-0.2, 0) is 27.9 Å². The summed E-state index contributed by atoms with van der Waals surface area (Å²) in [5.41, 5.74) is 5.36. The molecule has 0 aliphatic carbocycles. The molecule has 2 atom stereocenters. The number of hydrogen-bond donors (Lipinski definition) is 2. The highest BCUT2D eigenvalue weighted by molar-refractivity contribution is 7.47. The third-order valence-corrected chi connectivity index (χ3v) is 10.4. The summed E-state index contributed by atoms with van der Waals surface area (Å²) in [5, 5.41) is 0. The molecule has 304 valence electrons. The van der Waals surface area contributed by atoms with Crippen LogP contribution in [0.25, 0.3) is 0 Å². The zero-order chi connectivity index (χ0) is 37.4. The second kappa shape index (κ2) is 40.4. The van der Waals surface area contributed by atoms with Gasteiger partial charge in [-0.25, -0.2) is 4.57 Å². The molecule has 3 N–H and O–H groups in total. The predicted octanol–water partition coefficient (Wildman–Crippen LogP) is 12.7. The topological polar surface area (TPSA) is 117 Å². The standard InChI is InChI=1S/C42H84NO7P/c1-3-5-7-9-11-13-15-17-18-19-20-21-22-23-25-27-29-31-33-35-42(44)50-41(40-49-51(45,46)48-38-36-43)39-47-37-34-32-30-28-26-24-16-14-12-10-8-6-4-2/h12,14,41H,3-11,13,15-40,43H2,1-2H3,(H,45,46)/b14-12-. The van der Waals surface area contributed by atoms with E-state index in [1.807, 2.05) is 0 Å². The lowest BCUT2D eigenvalue weighted by Gasteiger charge is -2.20. The quantitative estimate of drug-likeness (QED) is 0.0274. The van der Waals surface area contributed by atoms with Crippen LogP contribution in [0.4, 0.5) is 0 Å². The monoisotopic (exact) mass is 746 g/mol. The molecule has 0 aromatic carbocycles. The lowest BCUT2D eigenvalue weighted by Crippen LogP contribution is -2.28. The maximum absolute atomic E-state index is 12.6. The first-order chi connectivity index (χ1) is 24.9. The average molecular weight is 746 g/mol. The number of carbonyl (C=O) groups is 1. The molecule has 8 nitrogen and oxygen atoms in total. The van der Waals surface area contributed by atoms with Crippen molar-refractivity contribution in [1.29, 1.82) is 0 Å². The van der Waals surface area contributed by atoms with Gasteiger partial charge in [-0.1, -0.05) is 180 Å². The number of nitrogens with two attached hydrogens (primary N) is 1. The molecule has 0 aromatic rings. The molecule has 0 saturated heterocycles. The minimum absolute atomic E-state index is 0.0934. The average Bonchev–Trinajstić information content (AvgIpc) is 3.12. The van der Waals surface area contributed by atoms with E-state index in [2.05, 4.69) is 26.0 Å². The van der Waals surface area contributed by atoms with Gasteiger partial charge in [0, 0.05) is 19.6 Å². The van der Waals surface area contributed by atoms with Gasteiger partial charge in [0.2, 0.25) is 0 Å². The Morgan fingerprint density at radius 2 is 0.980 bits per heavy atom. The van der Waals surface area contributed by atoms with Crippen molar-refractivity contribution in [3.63, 3.8) is 0 Å². The molecule has 0 amide bonds. The van der Waals surface area contributed by atoms with Crippen LogP contribution in [0.15, 0.2) is 12.2 Å². The molecule has 9 heteroatoms. The van der Waals surface area contributed by atoms with Crippen LogP contribution in [0.5, 0.6) is 0 Å². The molecule has 0 aromatic heterocycles. The normalized spacial score (nSPS) is 13.6. The van der Waals surface area contributed by atoms with Gasteiger partial charge >= 0.3 is 13.8 Å². The van der Waals surface area contributed by atoms with Crippen LogP contribution < -0.4 is 5.73 Å². The Balaban J connectivity index is 3.97. The Kier molecular flexibility index (Phi) is 39.8. The van der Waals surface area contributed by atoms with Crippen molar-refractivity contribution in [2.45, 2.75) is 219 Å². The van der Waals surface area contributed by atoms with Crippen LogP contribution >= 0.6 is 7.82 Å². The van der Waals surface area contributed by atoms with Crippen LogP contribution in [0.2, 0.25) is 0 Å². The van der Waals surface area contributed by atoms with Gasteiger partial charge in [-0.2, -0.15) is 0 Å². The largest absolute Gasteiger partial charge is 0.472 e. The summed E-state index contributed by atoms with van der Waals surface area (Å²) < 4.78 is 33.4. The van der Waals surface area contributed by atoms with E-state index >= 15 is 0 Å². The number of phosphoric ester groups is 1. The maximum Gasteiger partial charge on any atom is 0.472 e. The number of rotatable bonds is 42.